The molecule has 0 spiro atoms. The molecule has 1 aliphatic heterocycles. The van der Waals surface area contributed by atoms with Crippen molar-refractivity contribution in [1.82, 2.24) is 30.2 Å². The van der Waals surface area contributed by atoms with Crippen LogP contribution in [-0.4, -0.2) is 94.7 Å². The van der Waals surface area contributed by atoms with Crippen LogP contribution < -0.4 is 16.0 Å². The third-order valence-corrected chi connectivity index (χ3v) is 10.2. The summed E-state index contributed by atoms with van der Waals surface area (Å²) in [5.41, 5.74) is 0.503. The number of halogens is 4. The Hall–Kier alpha value is -4.01. The van der Waals surface area contributed by atoms with Crippen LogP contribution in [0.2, 0.25) is 0 Å². The second-order valence-corrected chi connectivity index (χ2v) is 14.1. The molecule has 3 aliphatic rings. The lowest BCUT2D eigenvalue weighted by atomic mass is 9.88. The first-order valence-corrected chi connectivity index (χ1v) is 17.4. The number of aryl methyl sites for hydroxylation is 1. The number of aromatic nitrogens is 2. The van der Waals surface area contributed by atoms with Gasteiger partial charge in [0.1, 0.15) is 23.6 Å². The second-order valence-electron chi connectivity index (χ2n) is 14.1. The average Bonchev–Trinajstić information content (AvgIpc) is 4.02. The van der Waals surface area contributed by atoms with E-state index >= 15 is 4.39 Å². The van der Waals surface area contributed by atoms with Crippen molar-refractivity contribution in [3.05, 3.63) is 47.5 Å². The number of benzene rings is 1. The number of amides is 4. The van der Waals surface area contributed by atoms with Crippen molar-refractivity contribution in [3.63, 3.8) is 0 Å². The van der Waals surface area contributed by atoms with E-state index in [-0.39, 0.29) is 23.4 Å². The van der Waals surface area contributed by atoms with Gasteiger partial charge in [0.05, 0.1) is 12.1 Å². The first-order chi connectivity index (χ1) is 23.7. The van der Waals surface area contributed by atoms with Crippen LogP contribution in [0.1, 0.15) is 74.8 Å². The molecule has 2 aliphatic carbocycles. The molecular formula is C35H47F4N7O4. The normalized spacial score (nSPS) is 19.4. The number of nitrogens with zero attached hydrogens (tertiary/aromatic N) is 4. The zero-order valence-corrected chi connectivity index (χ0v) is 28.9. The van der Waals surface area contributed by atoms with E-state index < -0.39 is 66.0 Å². The zero-order chi connectivity index (χ0) is 36.3. The summed E-state index contributed by atoms with van der Waals surface area (Å²) in [4.78, 5) is 57.4. The van der Waals surface area contributed by atoms with E-state index in [4.69, 9.17) is 0 Å². The van der Waals surface area contributed by atoms with Crippen molar-refractivity contribution < 1.29 is 36.7 Å². The molecule has 4 atom stereocenters. The number of rotatable bonds is 14. The average molecular weight is 706 g/mol. The molecule has 15 heteroatoms. The maximum absolute atomic E-state index is 15.8. The molecule has 4 amide bonds. The second kappa shape index (κ2) is 15.5. The van der Waals surface area contributed by atoms with Gasteiger partial charge in [-0.25, -0.2) is 4.39 Å². The van der Waals surface area contributed by atoms with Gasteiger partial charge in [0.15, 0.2) is 0 Å². The van der Waals surface area contributed by atoms with Gasteiger partial charge in [-0.15, -0.1) is 0 Å². The number of carbonyl (C=O) groups is 4. The monoisotopic (exact) mass is 705 g/mol. The first-order valence-electron chi connectivity index (χ1n) is 17.4. The van der Waals surface area contributed by atoms with Crippen molar-refractivity contribution in [2.24, 2.45) is 23.7 Å². The smallest absolute Gasteiger partial charge is 0.343 e. The van der Waals surface area contributed by atoms with Crippen LogP contribution in [0.25, 0.3) is 0 Å². The van der Waals surface area contributed by atoms with Crippen molar-refractivity contribution in [3.8, 4) is 0 Å². The van der Waals surface area contributed by atoms with Crippen LogP contribution in [0.15, 0.2) is 30.5 Å². The number of likely N-dealkylation sites (N-methyl/N-ethyl adjacent to an activating group) is 1. The molecule has 0 radical (unpaired) electrons. The Labute approximate surface area is 289 Å². The maximum Gasteiger partial charge on any atom is 0.389 e. The highest BCUT2D eigenvalue weighted by molar-refractivity contribution is 6.01. The highest BCUT2D eigenvalue weighted by Gasteiger charge is 2.48. The molecule has 0 bridgehead atoms. The van der Waals surface area contributed by atoms with E-state index in [0.29, 0.717) is 44.0 Å². The summed E-state index contributed by atoms with van der Waals surface area (Å²) in [7, 11) is 1.90. The molecular weight excluding hydrogens is 658 g/mol. The van der Waals surface area contributed by atoms with Crippen molar-refractivity contribution in [1.29, 1.82) is 0 Å². The summed E-state index contributed by atoms with van der Waals surface area (Å²) in [5.74, 6) is -4.97. The van der Waals surface area contributed by atoms with Crippen LogP contribution in [-0.2, 0) is 20.9 Å². The number of piperazine rings is 1. The SMILES string of the molecule is CCn1nccc1C(=O)N[C@H](C(=O)Nc1ccc([C@H](C)[C@@H](NC(=O)[C@@H](C)CC(F)(F)F)C(=O)N2CCN(C)CC2)cc1F)C(C1CC1)C1CC1. The molecule has 11 nitrogen and oxygen atoms in total. The molecule has 274 valence electrons. The fourth-order valence-corrected chi connectivity index (χ4v) is 6.90. The minimum atomic E-state index is -4.57. The summed E-state index contributed by atoms with van der Waals surface area (Å²) in [6, 6.07) is 3.46. The number of carbonyl (C=O) groups excluding carboxylic acids is 4. The zero-order valence-electron chi connectivity index (χ0n) is 28.9. The predicted molar refractivity (Wildman–Crippen MR) is 177 cm³/mol. The molecule has 5 rings (SSSR count). The van der Waals surface area contributed by atoms with E-state index in [0.717, 1.165) is 38.7 Å². The molecule has 0 unspecified atom stereocenters. The van der Waals surface area contributed by atoms with Crippen LogP contribution in [0, 0.1) is 29.5 Å². The quantitative estimate of drug-likeness (QED) is 0.254. The van der Waals surface area contributed by atoms with E-state index in [9.17, 15) is 32.3 Å². The highest BCUT2D eigenvalue weighted by atomic mass is 19.4. The summed E-state index contributed by atoms with van der Waals surface area (Å²) >= 11 is 0. The van der Waals surface area contributed by atoms with Crippen LogP contribution in [0.5, 0.6) is 0 Å². The minimum absolute atomic E-state index is 0.0935. The third-order valence-electron chi connectivity index (χ3n) is 10.2. The van der Waals surface area contributed by atoms with E-state index in [1.165, 1.54) is 23.0 Å². The predicted octanol–water partition coefficient (Wildman–Crippen LogP) is 4.17. The Morgan fingerprint density at radius 3 is 2.12 bits per heavy atom. The lowest BCUT2D eigenvalue weighted by Crippen LogP contribution is -2.56. The van der Waals surface area contributed by atoms with Crippen LogP contribution >= 0.6 is 0 Å². The van der Waals surface area contributed by atoms with E-state index in [1.807, 2.05) is 18.9 Å². The number of anilines is 1. The lowest BCUT2D eigenvalue weighted by Gasteiger charge is -2.36. The summed E-state index contributed by atoms with van der Waals surface area (Å²) in [6.45, 7) is 6.97. The van der Waals surface area contributed by atoms with E-state index in [1.54, 1.807) is 17.9 Å². The molecule has 3 N–H and O–H groups in total. The number of alkyl halides is 3. The van der Waals surface area contributed by atoms with Crippen LogP contribution in [0.4, 0.5) is 23.2 Å². The van der Waals surface area contributed by atoms with Crippen molar-refractivity contribution in [2.75, 3.05) is 38.5 Å². The van der Waals surface area contributed by atoms with Crippen LogP contribution in [0.3, 0.4) is 0 Å². The number of hydrogen-bond acceptors (Lipinski definition) is 6. The Balaban J connectivity index is 1.35. The van der Waals surface area contributed by atoms with Gasteiger partial charge >= 0.3 is 6.18 Å². The topological polar surface area (TPSA) is 129 Å². The highest BCUT2D eigenvalue weighted by Crippen LogP contribution is 2.51. The van der Waals surface area contributed by atoms with Gasteiger partial charge in [-0.05, 0) is 81.2 Å². The van der Waals surface area contributed by atoms with Gasteiger partial charge in [-0.3, -0.25) is 23.9 Å². The van der Waals surface area contributed by atoms with Gasteiger partial charge in [-0.1, -0.05) is 19.9 Å². The molecule has 2 aromatic rings. The Morgan fingerprint density at radius 2 is 1.56 bits per heavy atom. The Bertz CT molecular complexity index is 1540. The molecule has 50 heavy (non-hydrogen) atoms. The van der Waals surface area contributed by atoms with Gasteiger partial charge < -0.3 is 25.8 Å². The standard InChI is InChI=1S/C35H47F4N7O4/c1-5-46-27(12-13-40-46)32(48)43-30(28(22-6-7-22)23-8-9-23)33(49)41-26-11-10-24(18-25(26)36)21(3)29(34(50)45-16-14-44(4)15-17-45)42-31(47)20(2)19-35(37,38)39/h10-13,18,20-23,28-30H,5-9,14-17,19H2,1-4H3,(H,41,49)(H,42,47)(H,43,48)/t20-,21-,29+,30-/m0/s1. The van der Waals surface area contributed by atoms with Gasteiger partial charge in [0, 0.05) is 50.8 Å². The molecule has 1 saturated heterocycles. The molecule has 1 aromatic heterocycles. The fraction of sp³-hybridized carbons (Fsp3) is 0.629. The van der Waals surface area contributed by atoms with Crippen molar-refractivity contribution in [2.45, 2.75) is 83.6 Å². The fourth-order valence-electron chi connectivity index (χ4n) is 6.90. The first kappa shape index (κ1) is 37.3. The summed E-state index contributed by atoms with van der Waals surface area (Å²) in [5, 5.41) is 12.3. The molecule has 3 fully saturated rings. The lowest BCUT2D eigenvalue weighted by molar-refractivity contribution is -0.154. The maximum atomic E-state index is 15.8. The summed E-state index contributed by atoms with van der Waals surface area (Å²) in [6.07, 6.45) is -0.592. The minimum Gasteiger partial charge on any atom is -0.343 e. The largest absolute Gasteiger partial charge is 0.389 e. The Kier molecular flexibility index (Phi) is 11.5. The van der Waals surface area contributed by atoms with Gasteiger partial charge in [0.25, 0.3) is 5.91 Å². The Morgan fingerprint density at radius 1 is 0.920 bits per heavy atom. The van der Waals surface area contributed by atoms with Gasteiger partial charge in [-0.2, -0.15) is 18.3 Å². The van der Waals surface area contributed by atoms with Gasteiger partial charge in [0.2, 0.25) is 17.7 Å². The molecule has 1 aromatic carbocycles. The number of nitrogens with one attached hydrogen (secondary N) is 3. The number of hydrogen-bond donors (Lipinski definition) is 3. The van der Waals surface area contributed by atoms with Crippen molar-refractivity contribution >= 4 is 29.3 Å². The molecule has 2 saturated carbocycles. The third kappa shape index (κ3) is 9.20. The molecule has 2 heterocycles. The van der Waals surface area contributed by atoms with E-state index in [2.05, 4.69) is 21.0 Å². The summed E-state index contributed by atoms with van der Waals surface area (Å²) < 4.78 is 56.5.